The average molecular weight is 306 g/mol. The number of rotatable bonds is 5. The summed E-state index contributed by atoms with van der Waals surface area (Å²) >= 11 is 0. The highest BCUT2D eigenvalue weighted by Gasteiger charge is 2.35. The molecule has 0 spiro atoms. The maximum absolute atomic E-state index is 13.8. The molecule has 0 unspecified atom stereocenters. The Labute approximate surface area is 120 Å². The summed E-state index contributed by atoms with van der Waals surface area (Å²) < 4.78 is 51.5. The predicted molar refractivity (Wildman–Crippen MR) is 71.2 cm³/mol. The zero-order chi connectivity index (χ0) is 16.3. The first kappa shape index (κ1) is 17.4. The van der Waals surface area contributed by atoms with Gasteiger partial charge in [-0.1, -0.05) is 19.9 Å². The second-order valence-corrected chi connectivity index (χ2v) is 5.55. The van der Waals surface area contributed by atoms with Crippen molar-refractivity contribution >= 4 is 5.91 Å². The number of benzene rings is 1. The summed E-state index contributed by atoms with van der Waals surface area (Å²) in [4.78, 5) is 11.8. The fraction of sp³-hybridized carbons (Fsp3) is 0.500. The van der Waals surface area contributed by atoms with Crippen molar-refractivity contribution in [3.63, 3.8) is 0 Å². The fourth-order valence-electron chi connectivity index (χ4n) is 1.82. The van der Waals surface area contributed by atoms with E-state index in [4.69, 9.17) is 5.73 Å². The van der Waals surface area contributed by atoms with E-state index >= 15 is 0 Å². The molecule has 21 heavy (non-hydrogen) atoms. The SMILES string of the molecule is CC(C)(CCN)CNC(=O)c1cccc(C(F)(F)F)c1F. The molecule has 1 aromatic carbocycles. The molecule has 0 saturated carbocycles. The molecule has 0 aromatic heterocycles. The molecule has 0 bridgehead atoms. The summed E-state index contributed by atoms with van der Waals surface area (Å²) in [6.45, 7) is 4.31. The molecule has 0 aliphatic rings. The van der Waals surface area contributed by atoms with Gasteiger partial charge in [-0.15, -0.1) is 0 Å². The van der Waals surface area contributed by atoms with Crippen LogP contribution in [0.5, 0.6) is 0 Å². The monoisotopic (exact) mass is 306 g/mol. The number of amides is 1. The minimum Gasteiger partial charge on any atom is -0.351 e. The van der Waals surface area contributed by atoms with Gasteiger partial charge in [-0.2, -0.15) is 13.2 Å². The highest BCUT2D eigenvalue weighted by atomic mass is 19.4. The molecular formula is C14H18F4N2O. The van der Waals surface area contributed by atoms with Crippen LogP contribution in [-0.2, 0) is 6.18 Å². The van der Waals surface area contributed by atoms with Crippen LogP contribution in [0.4, 0.5) is 17.6 Å². The first-order valence-electron chi connectivity index (χ1n) is 6.42. The lowest BCUT2D eigenvalue weighted by molar-refractivity contribution is -0.140. The molecule has 1 amide bonds. The molecule has 0 fully saturated rings. The lowest BCUT2D eigenvalue weighted by atomic mass is 9.89. The van der Waals surface area contributed by atoms with E-state index in [9.17, 15) is 22.4 Å². The van der Waals surface area contributed by atoms with Crippen molar-refractivity contribution in [1.29, 1.82) is 0 Å². The van der Waals surface area contributed by atoms with Gasteiger partial charge in [0.2, 0.25) is 0 Å². The van der Waals surface area contributed by atoms with E-state index in [1.807, 2.05) is 13.8 Å². The largest absolute Gasteiger partial charge is 0.419 e. The van der Waals surface area contributed by atoms with Crippen molar-refractivity contribution in [2.45, 2.75) is 26.4 Å². The molecule has 3 N–H and O–H groups in total. The zero-order valence-corrected chi connectivity index (χ0v) is 11.9. The molecule has 0 aliphatic carbocycles. The summed E-state index contributed by atoms with van der Waals surface area (Å²) in [6.07, 6.45) is -4.21. The highest BCUT2D eigenvalue weighted by Crippen LogP contribution is 2.32. The molecular weight excluding hydrogens is 288 g/mol. The third-order valence-electron chi connectivity index (χ3n) is 3.10. The van der Waals surface area contributed by atoms with Crippen molar-refractivity contribution < 1.29 is 22.4 Å². The normalized spacial score (nSPS) is 12.3. The molecule has 1 rings (SSSR count). The van der Waals surface area contributed by atoms with Crippen LogP contribution in [0.2, 0.25) is 0 Å². The second-order valence-electron chi connectivity index (χ2n) is 5.55. The van der Waals surface area contributed by atoms with Crippen LogP contribution in [0.25, 0.3) is 0 Å². The van der Waals surface area contributed by atoms with Crippen molar-refractivity contribution in [1.82, 2.24) is 5.32 Å². The van der Waals surface area contributed by atoms with Gasteiger partial charge in [0.1, 0.15) is 5.82 Å². The molecule has 3 nitrogen and oxygen atoms in total. The van der Waals surface area contributed by atoms with Crippen molar-refractivity contribution in [2.24, 2.45) is 11.1 Å². The van der Waals surface area contributed by atoms with Gasteiger partial charge in [0.15, 0.2) is 0 Å². The maximum Gasteiger partial charge on any atom is 0.419 e. The van der Waals surface area contributed by atoms with Gasteiger partial charge >= 0.3 is 6.18 Å². The summed E-state index contributed by atoms with van der Waals surface area (Å²) in [5, 5.41) is 2.44. The number of nitrogens with two attached hydrogens (primary N) is 1. The Kier molecular flexibility index (Phi) is 5.33. The minimum absolute atomic E-state index is 0.193. The number of nitrogens with one attached hydrogen (secondary N) is 1. The number of hydrogen-bond acceptors (Lipinski definition) is 2. The van der Waals surface area contributed by atoms with E-state index in [-0.39, 0.29) is 12.0 Å². The average Bonchev–Trinajstić information content (AvgIpc) is 2.35. The van der Waals surface area contributed by atoms with Crippen LogP contribution in [0, 0.1) is 11.2 Å². The third kappa shape index (κ3) is 4.70. The molecule has 7 heteroatoms. The van der Waals surface area contributed by atoms with Gasteiger partial charge in [0.05, 0.1) is 11.1 Å². The fourth-order valence-corrected chi connectivity index (χ4v) is 1.82. The molecule has 0 aliphatic heterocycles. The molecule has 0 radical (unpaired) electrons. The van der Waals surface area contributed by atoms with Gasteiger partial charge < -0.3 is 11.1 Å². The summed E-state index contributed by atoms with van der Waals surface area (Å²) in [6, 6.07) is 2.63. The van der Waals surface area contributed by atoms with Crippen LogP contribution in [0.3, 0.4) is 0 Å². The van der Waals surface area contributed by atoms with E-state index in [2.05, 4.69) is 5.32 Å². The van der Waals surface area contributed by atoms with Gasteiger partial charge in [0.25, 0.3) is 5.91 Å². The lowest BCUT2D eigenvalue weighted by Crippen LogP contribution is -2.35. The van der Waals surface area contributed by atoms with E-state index in [0.717, 1.165) is 12.1 Å². The summed E-state index contributed by atoms with van der Waals surface area (Å²) in [5.41, 5.74) is 3.04. The highest BCUT2D eigenvalue weighted by molar-refractivity contribution is 5.94. The van der Waals surface area contributed by atoms with E-state index < -0.39 is 29.0 Å². The Morgan fingerprint density at radius 1 is 1.29 bits per heavy atom. The Hall–Kier alpha value is -1.63. The summed E-state index contributed by atoms with van der Waals surface area (Å²) in [5.74, 6) is -2.43. The molecule has 0 saturated heterocycles. The van der Waals surface area contributed by atoms with Crippen LogP contribution < -0.4 is 11.1 Å². The zero-order valence-electron chi connectivity index (χ0n) is 11.9. The van der Waals surface area contributed by atoms with Crippen molar-refractivity contribution in [2.75, 3.05) is 13.1 Å². The maximum atomic E-state index is 13.8. The second kappa shape index (κ2) is 6.43. The quantitative estimate of drug-likeness (QED) is 0.822. The van der Waals surface area contributed by atoms with Gasteiger partial charge in [-0.25, -0.2) is 4.39 Å². The topological polar surface area (TPSA) is 55.1 Å². The summed E-state index contributed by atoms with van der Waals surface area (Å²) in [7, 11) is 0. The number of hydrogen-bond donors (Lipinski definition) is 2. The molecule has 0 atom stereocenters. The number of alkyl halides is 3. The van der Waals surface area contributed by atoms with E-state index in [1.165, 1.54) is 0 Å². The number of carbonyl (C=O) groups excluding carboxylic acids is 1. The number of halogens is 4. The van der Waals surface area contributed by atoms with E-state index in [1.54, 1.807) is 0 Å². The standard InChI is InChI=1S/C14H18F4N2O/c1-13(2,6-7-19)8-20-12(21)9-4-3-5-10(11(9)15)14(16,17)18/h3-5H,6-8,19H2,1-2H3,(H,20,21). The molecule has 118 valence electrons. The smallest absolute Gasteiger partial charge is 0.351 e. The third-order valence-corrected chi connectivity index (χ3v) is 3.10. The van der Waals surface area contributed by atoms with Crippen LogP contribution in [0.15, 0.2) is 18.2 Å². The Morgan fingerprint density at radius 2 is 1.90 bits per heavy atom. The first-order chi connectivity index (χ1) is 9.58. The van der Waals surface area contributed by atoms with Crippen LogP contribution in [-0.4, -0.2) is 19.0 Å². The van der Waals surface area contributed by atoms with Gasteiger partial charge in [0, 0.05) is 6.54 Å². The van der Waals surface area contributed by atoms with Crippen molar-refractivity contribution in [3.05, 3.63) is 35.1 Å². The Bertz CT molecular complexity index is 512. The van der Waals surface area contributed by atoms with Gasteiger partial charge in [-0.05, 0) is 30.5 Å². The lowest BCUT2D eigenvalue weighted by Gasteiger charge is -2.24. The van der Waals surface area contributed by atoms with Gasteiger partial charge in [-0.3, -0.25) is 4.79 Å². The molecule has 1 aromatic rings. The van der Waals surface area contributed by atoms with E-state index in [0.29, 0.717) is 19.0 Å². The Balaban J connectivity index is 2.90. The van der Waals surface area contributed by atoms with Crippen LogP contribution in [0.1, 0.15) is 36.2 Å². The minimum atomic E-state index is -4.83. The first-order valence-corrected chi connectivity index (χ1v) is 6.42. The van der Waals surface area contributed by atoms with Crippen LogP contribution >= 0.6 is 0 Å². The Morgan fingerprint density at radius 3 is 2.43 bits per heavy atom. The molecule has 0 heterocycles. The number of carbonyl (C=O) groups is 1. The predicted octanol–water partition coefficient (Wildman–Crippen LogP) is 2.95. The van der Waals surface area contributed by atoms with Crippen molar-refractivity contribution in [3.8, 4) is 0 Å².